The van der Waals surface area contributed by atoms with E-state index in [4.69, 9.17) is 17.7 Å². The predicted octanol–water partition coefficient (Wildman–Crippen LogP) is 3.70. The van der Waals surface area contributed by atoms with Gasteiger partial charge < -0.3 is 25.0 Å². The Kier molecular flexibility index (Phi) is 4.81. The molecule has 6 atom stereocenters. The van der Waals surface area contributed by atoms with Crippen LogP contribution in [0.2, 0.25) is 0 Å². The number of ether oxygens (including phenoxy) is 2. The Hall–Kier alpha value is -2.22. The first kappa shape index (κ1) is 17.2. The molecule has 2 aromatic rings. The van der Waals surface area contributed by atoms with E-state index in [0.29, 0.717) is 29.7 Å². The van der Waals surface area contributed by atoms with Gasteiger partial charge in [0, 0.05) is 22.6 Å². The van der Waals surface area contributed by atoms with Gasteiger partial charge in [0.05, 0.1) is 4.11 Å². The van der Waals surface area contributed by atoms with Crippen LogP contribution < -0.4 is 14.8 Å². The van der Waals surface area contributed by atoms with Gasteiger partial charge in [-0.1, -0.05) is 6.92 Å². The fraction of sp³-hybridized carbons (Fsp3) is 0.538. The van der Waals surface area contributed by atoms with Crippen molar-refractivity contribution in [1.29, 1.82) is 0 Å². The second kappa shape index (κ2) is 9.20. The second-order valence-electron chi connectivity index (χ2n) is 8.96. The minimum absolute atomic E-state index is 0.266. The van der Waals surface area contributed by atoms with Gasteiger partial charge in [-0.05, 0) is 86.9 Å². The molecule has 33 heavy (non-hydrogen) atoms. The van der Waals surface area contributed by atoms with Crippen LogP contribution in [0.3, 0.4) is 0 Å². The summed E-state index contributed by atoms with van der Waals surface area (Å²) in [6.07, 6.45) is -5.01. The maximum Gasteiger partial charge on any atom is 0.136 e. The zero-order valence-corrected chi connectivity index (χ0v) is 19.1. The van der Waals surface area contributed by atoms with Crippen molar-refractivity contribution in [2.45, 2.75) is 76.9 Å². The van der Waals surface area contributed by atoms with Crippen molar-refractivity contribution >= 4 is 0 Å². The van der Waals surface area contributed by atoms with Crippen LogP contribution in [-0.4, -0.2) is 46.7 Å². The van der Waals surface area contributed by atoms with Gasteiger partial charge in [-0.3, -0.25) is 0 Å². The van der Waals surface area contributed by atoms with Crippen molar-refractivity contribution < 1.29 is 36.7 Å². The first-order chi connectivity index (χ1) is 18.0. The normalized spacial score (nSPS) is 33.3. The van der Waals surface area contributed by atoms with Gasteiger partial charge in [-0.25, -0.2) is 8.78 Å². The Labute approximate surface area is 202 Å². The number of aryl methyl sites for hydroxylation is 2. The molecule has 0 fully saturated rings. The van der Waals surface area contributed by atoms with Crippen molar-refractivity contribution in [3.8, 4) is 11.5 Å². The van der Waals surface area contributed by atoms with Crippen LogP contribution in [0.4, 0.5) is 8.78 Å². The monoisotopic (exact) mass is 467 g/mol. The van der Waals surface area contributed by atoms with E-state index >= 15 is 0 Å². The van der Waals surface area contributed by atoms with E-state index in [9.17, 15) is 19.0 Å². The first-order valence-corrected chi connectivity index (χ1v) is 11.0. The number of aliphatic hydroxyl groups excluding tert-OH is 2. The summed E-state index contributed by atoms with van der Waals surface area (Å²) >= 11 is 0. The minimum Gasteiger partial charge on any atom is -0.487 e. The van der Waals surface area contributed by atoms with Gasteiger partial charge in [0.2, 0.25) is 0 Å². The summed E-state index contributed by atoms with van der Waals surface area (Å²) in [7, 11) is 0. The van der Waals surface area contributed by atoms with Crippen LogP contribution >= 0.6 is 0 Å². The maximum atomic E-state index is 14.4. The lowest BCUT2D eigenvalue weighted by Crippen LogP contribution is -2.58. The molecule has 0 amide bonds. The molecule has 0 saturated carbocycles. The van der Waals surface area contributed by atoms with Gasteiger partial charge >= 0.3 is 0 Å². The topological polar surface area (TPSA) is 71.0 Å². The molecule has 4 rings (SSSR count). The van der Waals surface area contributed by atoms with Crippen molar-refractivity contribution in [2.24, 2.45) is 5.89 Å². The zero-order chi connectivity index (χ0) is 29.2. The largest absolute Gasteiger partial charge is 0.487 e. The average Bonchev–Trinajstić information content (AvgIpc) is 2.87. The van der Waals surface area contributed by atoms with E-state index in [1.165, 1.54) is 13.0 Å². The van der Waals surface area contributed by atoms with Gasteiger partial charge in [0.1, 0.15) is 47.0 Å². The molecule has 2 heterocycles. The SMILES string of the molecule is [2H]c1c([2H])c2c(c([2H])c1F)C([2H])([2H])C([2H])(C)[C@](C)([C@H](O)CNC(C)[C@@H](O)[C@@H]1CCc3cc(F)c(C)cc3O1)O2. The highest BCUT2D eigenvalue weighted by molar-refractivity contribution is 5.40. The number of rotatable bonds is 6. The molecule has 5 nitrogen and oxygen atoms in total. The fourth-order valence-electron chi connectivity index (χ4n) is 4.15. The van der Waals surface area contributed by atoms with Crippen LogP contribution in [0.15, 0.2) is 30.3 Å². The smallest absolute Gasteiger partial charge is 0.136 e. The van der Waals surface area contributed by atoms with Gasteiger partial charge in [-0.15, -0.1) is 0 Å². The second-order valence-corrected chi connectivity index (χ2v) is 8.96. The summed E-state index contributed by atoms with van der Waals surface area (Å²) in [6.45, 7) is 5.46. The Morgan fingerprint density at radius 3 is 2.82 bits per heavy atom. The summed E-state index contributed by atoms with van der Waals surface area (Å²) < 4.78 is 90.1. The molecule has 7 heteroatoms. The molecule has 0 radical (unpaired) electrons. The lowest BCUT2D eigenvalue weighted by molar-refractivity contribution is -0.0868. The van der Waals surface area contributed by atoms with Gasteiger partial charge in [0.25, 0.3) is 0 Å². The summed E-state index contributed by atoms with van der Waals surface area (Å²) in [5, 5.41) is 25.1. The van der Waals surface area contributed by atoms with E-state index in [2.05, 4.69) is 5.32 Å². The molecule has 2 aromatic carbocycles. The van der Waals surface area contributed by atoms with Crippen LogP contribution in [0.1, 0.15) is 52.1 Å². The first-order valence-electron chi connectivity index (χ1n) is 14.0. The van der Waals surface area contributed by atoms with Crippen molar-refractivity contribution in [3.63, 3.8) is 0 Å². The molecule has 0 spiro atoms. The number of benzene rings is 2. The standard InChI is InChI=1S/C26H33F2NO4/c1-14-9-23-17(12-20(14)28)5-7-22(32-23)25(31)16(3)29-13-24(30)26(4)15(2)10-18-11-19(27)6-8-21(18)33-26/h6,8-9,11-12,15-16,22,24-25,29-31H,5,7,10,13H2,1-4H3/t15?,16?,22-,24+,25+,26+/m0/s1/i6D,8D,10D2,11D,15D. The lowest BCUT2D eigenvalue weighted by Gasteiger charge is -2.44. The molecule has 2 aliphatic heterocycles. The fourth-order valence-corrected chi connectivity index (χ4v) is 4.15. The van der Waals surface area contributed by atoms with Crippen molar-refractivity contribution in [1.82, 2.24) is 5.32 Å². The summed E-state index contributed by atoms with van der Waals surface area (Å²) in [4.78, 5) is 0. The molecule has 0 saturated heterocycles. The number of fused-ring (bicyclic) bond motifs is 2. The molecule has 0 bridgehead atoms. The number of nitrogens with one attached hydrogen (secondary N) is 1. The number of hydrogen-bond acceptors (Lipinski definition) is 5. The van der Waals surface area contributed by atoms with Crippen molar-refractivity contribution in [2.75, 3.05) is 6.54 Å². The number of aliphatic hydroxyl groups is 2. The van der Waals surface area contributed by atoms with Crippen molar-refractivity contribution in [3.05, 3.63) is 58.6 Å². The molecule has 2 unspecified atom stereocenters. The molecule has 3 N–H and O–H groups in total. The Balaban J connectivity index is 1.52. The minimum atomic E-state index is -2.73. The van der Waals surface area contributed by atoms with Crippen LogP contribution in [0.25, 0.3) is 0 Å². The Morgan fingerprint density at radius 2 is 2.06 bits per heavy atom. The third-order valence-corrected chi connectivity index (χ3v) is 6.60. The molecular formula is C26H33F2NO4. The van der Waals surface area contributed by atoms with Crippen LogP contribution in [0, 0.1) is 24.5 Å². The Bertz CT molecular complexity index is 1300. The predicted molar refractivity (Wildman–Crippen MR) is 122 cm³/mol. The quantitative estimate of drug-likeness (QED) is 0.605. The highest BCUT2D eigenvalue weighted by Crippen LogP contribution is 2.39. The highest BCUT2D eigenvalue weighted by Gasteiger charge is 2.44. The third-order valence-electron chi connectivity index (χ3n) is 6.60. The lowest BCUT2D eigenvalue weighted by atomic mass is 9.78. The molecular weight excluding hydrogens is 428 g/mol. The average molecular weight is 468 g/mol. The number of halogens is 2. The van der Waals surface area contributed by atoms with E-state index in [0.717, 1.165) is 6.92 Å². The van der Waals surface area contributed by atoms with Crippen LogP contribution in [0.5, 0.6) is 11.5 Å². The van der Waals surface area contributed by atoms with E-state index in [1.807, 2.05) is 0 Å². The van der Waals surface area contributed by atoms with Gasteiger partial charge in [-0.2, -0.15) is 0 Å². The number of hydrogen-bond donors (Lipinski definition) is 3. The summed E-state index contributed by atoms with van der Waals surface area (Å²) in [5.41, 5.74) is -1.52. The van der Waals surface area contributed by atoms with Gasteiger partial charge in [0.15, 0.2) is 0 Å². The Morgan fingerprint density at radius 1 is 1.30 bits per heavy atom. The van der Waals surface area contributed by atoms with Crippen LogP contribution in [-0.2, 0) is 12.8 Å². The molecule has 0 aliphatic carbocycles. The molecule has 2 aliphatic rings. The zero-order valence-electron chi connectivity index (χ0n) is 25.1. The maximum absolute atomic E-state index is 14.4. The summed E-state index contributed by atoms with van der Waals surface area (Å²) in [6, 6.07) is -0.312. The summed E-state index contributed by atoms with van der Waals surface area (Å²) in [5.74, 6) is -4.04. The van der Waals surface area contributed by atoms with E-state index in [-0.39, 0.29) is 12.4 Å². The van der Waals surface area contributed by atoms with E-state index in [1.54, 1.807) is 19.9 Å². The highest BCUT2D eigenvalue weighted by atomic mass is 19.1. The molecule has 0 aromatic heterocycles. The third kappa shape index (κ3) is 4.72. The van der Waals surface area contributed by atoms with E-state index < -0.39 is 77.5 Å². The molecule has 180 valence electrons.